The zero-order chi connectivity index (χ0) is 12.0. The molecule has 0 saturated carbocycles. The van der Waals surface area contributed by atoms with Gasteiger partial charge < -0.3 is 4.74 Å². The lowest BCUT2D eigenvalue weighted by Gasteiger charge is -2.16. The van der Waals surface area contributed by atoms with Gasteiger partial charge in [0.2, 0.25) is 0 Å². The van der Waals surface area contributed by atoms with Crippen molar-refractivity contribution in [3.8, 4) is 0 Å². The van der Waals surface area contributed by atoms with Crippen LogP contribution in [0.2, 0.25) is 0 Å². The fraction of sp³-hybridized carbons (Fsp3) is 0.500. The molecule has 1 unspecified atom stereocenters. The molecule has 0 N–H and O–H groups in total. The summed E-state index contributed by atoms with van der Waals surface area (Å²) in [7, 11) is 1.67. The second-order valence-corrected chi connectivity index (χ2v) is 4.48. The highest BCUT2D eigenvalue weighted by atomic mass is 16.5. The fourth-order valence-electron chi connectivity index (χ4n) is 1.74. The Bertz CT molecular complexity index is 317. The van der Waals surface area contributed by atoms with E-state index >= 15 is 0 Å². The molecule has 0 aliphatic heterocycles. The van der Waals surface area contributed by atoms with Crippen molar-refractivity contribution in [1.82, 2.24) is 0 Å². The molecular formula is C14H20O2. The van der Waals surface area contributed by atoms with Crippen LogP contribution in [0.4, 0.5) is 0 Å². The number of rotatable bonds is 6. The summed E-state index contributed by atoms with van der Waals surface area (Å²) in [5.41, 5.74) is 0.772. The van der Waals surface area contributed by atoms with Gasteiger partial charge in [-0.1, -0.05) is 44.2 Å². The molecule has 0 amide bonds. The molecule has 0 aliphatic rings. The van der Waals surface area contributed by atoms with Crippen LogP contribution in [0, 0.1) is 5.92 Å². The molecule has 88 valence electrons. The monoisotopic (exact) mass is 220 g/mol. The van der Waals surface area contributed by atoms with E-state index in [1.165, 1.54) is 0 Å². The second kappa shape index (κ2) is 6.44. The number of hydrogen-bond acceptors (Lipinski definition) is 2. The molecule has 0 spiro atoms. The van der Waals surface area contributed by atoms with Gasteiger partial charge in [0.15, 0.2) is 5.78 Å². The van der Waals surface area contributed by atoms with Crippen molar-refractivity contribution in [3.63, 3.8) is 0 Å². The van der Waals surface area contributed by atoms with Crippen molar-refractivity contribution in [1.29, 1.82) is 0 Å². The van der Waals surface area contributed by atoms with Crippen LogP contribution < -0.4 is 0 Å². The Morgan fingerprint density at radius 2 is 1.88 bits per heavy atom. The van der Waals surface area contributed by atoms with Crippen molar-refractivity contribution >= 4 is 5.78 Å². The number of methoxy groups -OCH3 is 1. The molecule has 0 fully saturated rings. The maximum absolute atomic E-state index is 11.9. The Kier molecular flexibility index (Phi) is 5.20. The summed E-state index contributed by atoms with van der Waals surface area (Å²) < 4.78 is 5.33. The van der Waals surface area contributed by atoms with Crippen molar-refractivity contribution in [2.45, 2.75) is 32.8 Å². The molecule has 0 aromatic heterocycles. The van der Waals surface area contributed by atoms with Gasteiger partial charge in [-0.15, -0.1) is 0 Å². The second-order valence-electron chi connectivity index (χ2n) is 4.48. The van der Waals surface area contributed by atoms with E-state index in [9.17, 15) is 4.79 Å². The molecule has 0 heterocycles. The van der Waals surface area contributed by atoms with Gasteiger partial charge in [-0.3, -0.25) is 4.79 Å². The van der Waals surface area contributed by atoms with E-state index in [4.69, 9.17) is 4.74 Å². The quantitative estimate of drug-likeness (QED) is 0.687. The number of ether oxygens (including phenoxy) is 1. The lowest BCUT2D eigenvalue weighted by Crippen LogP contribution is -2.18. The van der Waals surface area contributed by atoms with Crippen LogP contribution in [-0.4, -0.2) is 19.0 Å². The molecule has 0 bridgehead atoms. The Morgan fingerprint density at radius 3 is 2.38 bits per heavy atom. The molecule has 2 heteroatoms. The SMILES string of the molecule is COC(CC(=O)c1ccccc1)CC(C)C. The molecule has 1 atom stereocenters. The maximum Gasteiger partial charge on any atom is 0.165 e. The van der Waals surface area contributed by atoms with Crippen LogP contribution in [-0.2, 0) is 4.74 Å². The third-order valence-corrected chi connectivity index (χ3v) is 2.58. The van der Waals surface area contributed by atoms with Crippen LogP contribution in [0.1, 0.15) is 37.0 Å². The van der Waals surface area contributed by atoms with Crippen LogP contribution in [0.25, 0.3) is 0 Å². The Morgan fingerprint density at radius 1 is 1.25 bits per heavy atom. The number of ketones is 1. The zero-order valence-electron chi connectivity index (χ0n) is 10.3. The van der Waals surface area contributed by atoms with E-state index in [2.05, 4.69) is 13.8 Å². The highest BCUT2D eigenvalue weighted by Gasteiger charge is 2.15. The third-order valence-electron chi connectivity index (χ3n) is 2.58. The van der Waals surface area contributed by atoms with Gasteiger partial charge in [-0.05, 0) is 12.3 Å². The Hall–Kier alpha value is -1.15. The van der Waals surface area contributed by atoms with Crippen LogP contribution in [0.15, 0.2) is 30.3 Å². The Balaban J connectivity index is 2.56. The summed E-state index contributed by atoms with van der Waals surface area (Å²) in [6, 6.07) is 9.39. The summed E-state index contributed by atoms with van der Waals surface area (Å²) in [5.74, 6) is 0.710. The average molecular weight is 220 g/mol. The van der Waals surface area contributed by atoms with Crippen molar-refractivity contribution in [3.05, 3.63) is 35.9 Å². The lowest BCUT2D eigenvalue weighted by atomic mass is 9.99. The molecule has 1 rings (SSSR count). The largest absolute Gasteiger partial charge is 0.381 e. The molecular weight excluding hydrogens is 200 g/mol. The number of benzene rings is 1. The highest BCUT2D eigenvalue weighted by Crippen LogP contribution is 2.14. The van der Waals surface area contributed by atoms with Crippen molar-refractivity contribution < 1.29 is 9.53 Å². The van der Waals surface area contributed by atoms with Crippen molar-refractivity contribution in [2.75, 3.05) is 7.11 Å². The topological polar surface area (TPSA) is 26.3 Å². The molecule has 0 saturated heterocycles. The zero-order valence-corrected chi connectivity index (χ0v) is 10.3. The smallest absolute Gasteiger partial charge is 0.165 e. The first kappa shape index (κ1) is 12.9. The lowest BCUT2D eigenvalue weighted by molar-refractivity contribution is 0.0644. The fourth-order valence-corrected chi connectivity index (χ4v) is 1.74. The van der Waals surface area contributed by atoms with Gasteiger partial charge in [0.1, 0.15) is 0 Å². The van der Waals surface area contributed by atoms with Crippen LogP contribution >= 0.6 is 0 Å². The molecule has 1 aromatic carbocycles. The van der Waals surface area contributed by atoms with E-state index in [1.54, 1.807) is 7.11 Å². The Labute approximate surface area is 97.6 Å². The average Bonchev–Trinajstić information content (AvgIpc) is 2.28. The normalized spacial score (nSPS) is 12.8. The van der Waals surface area contributed by atoms with Gasteiger partial charge in [-0.25, -0.2) is 0 Å². The first-order chi connectivity index (χ1) is 7.63. The number of carbonyl (C=O) groups is 1. The van der Waals surface area contributed by atoms with E-state index in [0.29, 0.717) is 12.3 Å². The van der Waals surface area contributed by atoms with E-state index in [0.717, 1.165) is 12.0 Å². The van der Waals surface area contributed by atoms with E-state index in [1.807, 2.05) is 30.3 Å². The predicted octanol–water partition coefficient (Wildman–Crippen LogP) is 3.32. The van der Waals surface area contributed by atoms with Crippen molar-refractivity contribution in [2.24, 2.45) is 5.92 Å². The third kappa shape index (κ3) is 4.15. The summed E-state index contributed by atoms with van der Waals surface area (Å²) in [5, 5.41) is 0. The molecule has 2 nitrogen and oxygen atoms in total. The molecule has 16 heavy (non-hydrogen) atoms. The highest BCUT2D eigenvalue weighted by molar-refractivity contribution is 5.96. The van der Waals surface area contributed by atoms with E-state index in [-0.39, 0.29) is 11.9 Å². The minimum Gasteiger partial charge on any atom is -0.381 e. The number of Topliss-reactive ketones (excluding diaryl/α,β-unsaturated/α-hetero) is 1. The summed E-state index contributed by atoms with van der Waals surface area (Å²) >= 11 is 0. The summed E-state index contributed by atoms with van der Waals surface area (Å²) in [6.45, 7) is 4.28. The minimum absolute atomic E-state index is 0.0349. The first-order valence-electron chi connectivity index (χ1n) is 5.74. The van der Waals surface area contributed by atoms with Crippen LogP contribution in [0.3, 0.4) is 0 Å². The van der Waals surface area contributed by atoms with E-state index < -0.39 is 0 Å². The first-order valence-corrected chi connectivity index (χ1v) is 5.74. The van der Waals surface area contributed by atoms with Gasteiger partial charge in [0.05, 0.1) is 6.10 Å². The number of hydrogen-bond donors (Lipinski definition) is 0. The van der Waals surface area contributed by atoms with Gasteiger partial charge in [0, 0.05) is 19.1 Å². The summed E-state index contributed by atoms with van der Waals surface area (Å²) in [4.78, 5) is 11.9. The van der Waals surface area contributed by atoms with Gasteiger partial charge >= 0.3 is 0 Å². The standard InChI is InChI=1S/C14H20O2/c1-11(2)9-13(16-3)10-14(15)12-7-5-4-6-8-12/h4-8,11,13H,9-10H2,1-3H3. The molecule has 1 aromatic rings. The van der Waals surface area contributed by atoms with Crippen LogP contribution in [0.5, 0.6) is 0 Å². The predicted molar refractivity (Wildman–Crippen MR) is 65.6 cm³/mol. The number of carbonyl (C=O) groups excluding carboxylic acids is 1. The maximum atomic E-state index is 11.9. The summed E-state index contributed by atoms with van der Waals surface area (Å²) in [6.07, 6.45) is 1.43. The van der Waals surface area contributed by atoms with Gasteiger partial charge in [-0.2, -0.15) is 0 Å². The molecule has 0 aliphatic carbocycles. The van der Waals surface area contributed by atoms with Gasteiger partial charge in [0.25, 0.3) is 0 Å². The molecule has 0 radical (unpaired) electrons. The minimum atomic E-state index is 0.0349.